The van der Waals surface area contributed by atoms with Gasteiger partial charge >= 0.3 is 0 Å². The number of nitrogens with one attached hydrogen (secondary N) is 2. The van der Waals surface area contributed by atoms with Crippen LogP contribution in [0.4, 0.5) is 0 Å². The molecule has 0 unspecified atom stereocenters. The van der Waals surface area contributed by atoms with Crippen molar-refractivity contribution in [2.45, 2.75) is 26.3 Å². The molecule has 1 saturated heterocycles. The van der Waals surface area contributed by atoms with E-state index in [4.69, 9.17) is 12.2 Å². The van der Waals surface area contributed by atoms with Crippen molar-refractivity contribution in [2.24, 2.45) is 0 Å². The predicted molar refractivity (Wildman–Crippen MR) is 88.2 cm³/mol. The number of hydrogen-bond donors (Lipinski definition) is 2. The van der Waals surface area contributed by atoms with E-state index in [1.165, 1.54) is 11.1 Å². The summed E-state index contributed by atoms with van der Waals surface area (Å²) in [4.78, 5) is 3.91. The van der Waals surface area contributed by atoms with Crippen LogP contribution < -0.4 is 10.2 Å². The second-order valence-corrected chi connectivity index (χ2v) is 6.25. The first-order chi connectivity index (χ1) is 9.60. The van der Waals surface area contributed by atoms with Crippen LogP contribution in [0.1, 0.15) is 30.9 Å². The molecule has 1 heterocycles. The third-order valence-corrected chi connectivity index (χ3v) is 4.53. The van der Waals surface area contributed by atoms with Gasteiger partial charge in [-0.15, -0.1) is 0 Å². The Morgan fingerprint density at radius 3 is 2.35 bits per heavy atom. The van der Waals surface area contributed by atoms with Crippen LogP contribution in [0.25, 0.3) is 0 Å². The average molecular weight is 292 g/mol. The standard InChI is InChI=1S/C16H25N3S/c1-13(2)15-6-4-14(5-7-15)12-18-8-10-19(11-9-18)16(20)17-3/h4-7,13H,8-12H2,1-3H3,(H,17,20)/p+1. The summed E-state index contributed by atoms with van der Waals surface area (Å²) in [6.07, 6.45) is 0. The fourth-order valence-electron chi connectivity index (χ4n) is 2.67. The van der Waals surface area contributed by atoms with Gasteiger partial charge in [0.05, 0.1) is 26.2 Å². The lowest BCUT2D eigenvalue weighted by molar-refractivity contribution is -0.917. The molecule has 1 aliphatic heterocycles. The Kier molecular flexibility index (Phi) is 5.38. The first-order valence-electron chi connectivity index (χ1n) is 7.49. The number of piperazine rings is 1. The number of hydrogen-bond acceptors (Lipinski definition) is 1. The summed E-state index contributed by atoms with van der Waals surface area (Å²) in [6, 6.07) is 9.11. The van der Waals surface area contributed by atoms with E-state index >= 15 is 0 Å². The van der Waals surface area contributed by atoms with Gasteiger partial charge in [0.25, 0.3) is 0 Å². The molecule has 0 amide bonds. The maximum atomic E-state index is 5.29. The molecule has 1 fully saturated rings. The fraction of sp³-hybridized carbons (Fsp3) is 0.562. The Balaban J connectivity index is 1.84. The van der Waals surface area contributed by atoms with Gasteiger partial charge in [-0.1, -0.05) is 38.1 Å². The zero-order valence-electron chi connectivity index (χ0n) is 12.8. The van der Waals surface area contributed by atoms with E-state index in [1.54, 1.807) is 4.90 Å². The van der Waals surface area contributed by atoms with Gasteiger partial charge in [-0.2, -0.15) is 0 Å². The van der Waals surface area contributed by atoms with E-state index in [0.29, 0.717) is 5.92 Å². The minimum absolute atomic E-state index is 0.613. The zero-order chi connectivity index (χ0) is 14.5. The highest BCUT2D eigenvalue weighted by molar-refractivity contribution is 7.80. The van der Waals surface area contributed by atoms with Gasteiger partial charge < -0.3 is 15.1 Å². The largest absolute Gasteiger partial charge is 0.366 e. The van der Waals surface area contributed by atoms with Crippen molar-refractivity contribution in [2.75, 3.05) is 33.2 Å². The van der Waals surface area contributed by atoms with Crippen LogP contribution in [0.15, 0.2) is 24.3 Å². The Labute approximate surface area is 128 Å². The average Bonchev–Trinajstić information content (AvgIpc) is 2.48. The Morgan fingerprint density at radius 1 is 1.25 bits per heavy atom. The molecule has 2 rings (SSSR count). The van der Waals surface area contributed by atoms with Gasteiger partial charge in [0, 0.05) is 12.6 Å². The minimum atomic E-state index is 0.613. The summed E-state index contributed by atoms with van der Waals surface area (Å²) in [5, 5.41) is 3.94. The van der Waals surface area contributed by atoms with Gasteiger partial charge in [0.1, 0.15) is 6.54 Å². The number of benzene rings is 1. The molecular weight excluding hydrogens is 266 g/mol. The molecule has 110 valence electrons. The maximum absolute atomic E-state index is 5.29. The van der Waals surface area contributed by atoms with E-state index in [-0.39, 0.29) is 0 Å². The highest BCUT2D eigenvalue weighted by Gasteiger charge is 2.21. The van der Waals surface area contributed by atoms with E-state index in [9.17, 15) is 0 Å². The van der Waals surface area contributed by atoms with Gasteiger partial charge in [-0.3, -0.25) is 0 Å². The molecule has 0 radical (unpaired) electrons. The summed E-state index contributed by atoms with van der Waals surface area (Å²) in [6.45, 7) is 10.0. The van der Waals surface area contributed by atoms with Crippen LogP contribution in [0.5, 0.6) is 0 Å². The molecular formula is C16H26N3S+. The topological polar surface area (TPSA) is 19.7 Å². The van der Waals surface area contributed by atoms with E-state index in [2.05, 4.69) is 48.3 Å². The van der Waals surface area contributed by atoms with Crippen molar-refractivity contribution in [3.63, 3.8) is 0 Å². The van der Waals surface area contributed by atoms with E-state index in [1.807, 2.05) is 7.05 Å². The number of nitrogens with zero attached hydrogens (tertiary/aromatic N) is 1. The highest BCUT2D eigenvalue weighted by Crippen LogP contribution is 2.14. The molecule has 0 aliphatic carbocycles. The molecule has 0 aromatic heterocycles. The Hall–Kier alpha value is -1.13. The molecule has 1 aliphatic rings. The highest BCUT2D eigenvalue weighted by atomic mass is 32.1. The SMILES string of the molecule is CNC(=S)N1CC[NH+](Cc2ccc(C(C)C)cc2)CC1. The van der Waals surface area contributed by atoms with Crippen LogP contribution >= 0.6 is 12.2 Å². The molecule has 0 spiro atoms. The molecule has 0 saturated carbocycles. The first-order valence-corrected chi connectivity index (χ1v) is 7.90. The number of thiocarbonyl (C=S) groups is 1. The Bertz CT molecular complexity index is 434. The fourth-order valence-corrected chi connectivity index (χ4v) is 2.85. The van der Waals surface area contributed by atoms with Crippen molar-refractivity contribution >= 4 is 17.3 Å². The zero-order valence-corrected chi connectivity index (χ0v) is 13.6. The number of rotatable bonds is 3. The maximum Gasteiger partial charge on any atom is 0.169 e. The van der Waals surface area contributed by atoms with Crippen molar-refractivity contribution in [1.82, 2.24) is 10.2 Å². The van der Waals surface area contributed by atoms with Crippen molar-refractivity contribution in [1.29, 1.82) is 0 Å². The quantitative estimate of drug-likeness (QED) is 0.812. The molecule has 1 aromatic carbocycles. The number of quaternary nitrogens is 1. The molecule has 0 bridgehead atoms. The molecule has 20 heavy (non-hydrogen) atoms. The van der Waals surface area contributed by atoms with Crippen molar-refractivity contribution in [3.05, 3.63) is 35.4 Å². The third-order valence-electron chi connectivity index (χ3n) is 4.07. The summed E-state index contributed by atoms with van der Waals surface area (Å²) < 4.78 is 0. The molecule has 0 atom stereocenters. The summed E-state index contributed by atoms with van der Waals surface area (Å²) in [7, 11) is 1.90. The van der Waals surface area contributed by atoms with E-state index in [0.717, 1.165) is 37.8 Å². The Morgan fingerprint density at radius 2 is 1.85 bits per heavy atom. The van der Waals surface area contributed by atoms with Crippen LogP contribution in [-0.4, -0.2) is 43.2 Å². The van der Waals surface area contributed by atoms with E-state index < -0.39 is 0 Å². The van der Waals surface area contributed by atoms with Gasteiger partial charge in [-0.25, -0.2) is 0 Å². The monoisotopic (exact) mass is 292 g/mol. The van der Waals surface area contributed by atoms with Gasteiger partial charge in [-0.05, 0) is 23.7 Å². The summed E-state index contributed by atoms with van der Waals surface area (Å²) >= 11 is 5.29. The lowest BCUT2D eigenvalue weighted by atomic mass is 10.0. The lowest BCUT2D eigenvalue weighted by Gasteiger charge is -2.33. The van der Waals surface area contributed by atoms with Crippen molar-refractivity contribution in [3.8, 4) is 0 Å². The van der Waals surface area contributed by atoms with Gasteiger partial charge in [0.2, 0.25) is 0 Å². The molecule has 2 N–H and O–H groups in total. The minimum Gasteiger partial charge on any atom is -0.366 e. The second-order valence-electron chi connectivity index (χ2n) is 5.87. The van der Waals surface area contributed by atoms with Crippen LogP contribution in [0.3, 0.4) is 0 Å². The third kappa shape index (κ3) is 3.93. The van der Waals surface area contributed by atoms with Crippen LogP contribution in [-0.2, 0) is 6.54 Å². The molecule has 3 nitrogen and oxygen atoms in total. The molecule has 4 heteroatoms. The second kappa shape index (κ2) is 7.04. The van der Waals surface area contributed by atoms with Crippen LogP contribution in [0.2, 0.25) is 0 Å². The summed E-state index contributed by atoms with van der Waals surface area (Å²) in [5.41, 5.74) is 2.86. The summed E-state index contributed by atoms with van der Waals surface area (Å²) in [5.74, 6) is 0.613. The van der Waals surface area contributed by atoms with Crippen LogP contribution in [0, 0.1) is 0 Å². The van der Waals surface area contributed by atoms with Gasteiger partial charge in [0.15, 0.2) is 5.11 Å². The smallest absolute Gasteiger partial charge is 0.169 e. The lowest BCUT2D eigenvalue weighted by Crippen LogP contribution is -3.13. The predicted octanol–water partition coefficient (Wildman–Crippen LogP) is 1.01. The molecule has 1 aromatic rings. The van der Waals surface area contributed by atoms with Crippen molar-refractivity contribution < 1.29 is 4.90 Å². The normalized spacial score (nSPS) is 16.5. The first kappa shape index (κ1) is 15.3.